The van der Waals surface area contributed by atoms with Gasteiger partial charge in [-0.1, -0.05) is 30.3 Å². The number of benzene rings is 1. The fourth-order valence-electron chi connectivity index (χ4n) is 4.93. The van der Waals surface area contributed by atoms with Crippen LogP contribution in [-0.2, 0) is 49.6 Å². The van der Waals surface area contributed by atoms with Gasteiger partial charge in [0.25, 0.3) is 11.8 Å². The van der Waals surface area contributed by atoms with Gasteiger partial charge >= 0.3 is 12.1 Å². The lowest BCUT2D eigenvalue weighted by molar-refractivity contribution is -0.292. The number of aliphatic hydroxyl groups excluding tert-OH is 3. The maximum Gasteiger partial charge on any atom is 0.408 e. The summed E-state index contributed by atoms with van der Waals surface area (Å²) in [4.78, 5) is 78.2. The van der Waals surface area contributed by atoms with Gasteiger partial charge in [-0.15, -0.1) is 5.06 Å². The number of alkyl carbamates (subject to hydrolysis) is 1. The van der Waals surface area contributed by atoms with Crippen molar-refractivity contribution in [2.75, 3.05) is 19.7 Å². The number of carbonyl (C=O) groups is 6. The van der Waals surface area contributed by atoms with Crippen LogP contribution in [0, 0.1) is 0 Å². The number of hydrogen-bond acceptors (Lipinski definition) is 13. The summed E-state index contributed by atoms with van der Waals surface area (Å²) in [5, 5.41) is 37.7. The van der Waals surface area contributed by atoms with E-state index in [0.29, 0.717) is 30.7 Å². The van der Waals surface area contributed by atoms with Crippen molar-refractivity contribution in [3.8, 4) is 0 Å². The maximum atomic E-state index is 12.8. The Kier molecular flexibility index (Phi) is 16.3. The normalized spacial score (nSPS) is 22.7. The zero-order valence-corrected chi connectivity index (χ0v) is 27.4. The number of carbonyl (C=O) groups excluding carboxylic acids is 6. The Morgan fingerprint density at radius 2 is 1.51 bits per heavy atom. The molecule has 0 saturated carbocycles. The molecular weight excluding hydrogens is 648 g/mol. The van der Waals surface area contributed by atoms with E-state index in [4.69, 9.17) is 19.0 Å². The van der Waals surface area contributed by atoms with E-state index < -0.39 is 60.6 Å². The zero-order chi connectivity index (χ0) is 35.8. The van der Waals surface area contributed by atoms with Crippen LogP contribution in [0.25, 0.3) is 0 Å². The number of hydroxylamine groups is 2. The summed E-state index contributed by atoms with van der Waals surface area (Å²) in [5.74, 6) is -2.76. The molecule has 2 saturated heterocycles. The monoisotopic (exact) mass is 694 g/mol. The van der Waals surface area contributed by atoms with Gasteiger partial charge in [0.05, 0.1) is 12.7 Å². The van der Waals surface area contributed by atoms with Gasteiger partial charge in [-0.05, 0) is 44.6 Å². The van der Waals surface area contributed by atoms with Crippen LogP contribution in [0.3, 0.4) is 0 Å². The van der Waals surface area contributed by atoms with Crippen molar-refractivity contribution < 1.29 is 63.1 Å². The Hall–Kier alpha value is -4.16. The van der Waals surface area contributed by atoms with Gasteiger partial charge in [0.15, 0.2) is 6.29 Å². The molecule has 0 radical (unpaired) electrons. The van der Waals surface area contributed by atoms with Crippen molar-refractivity contribution in [2.24, 2.45) is 0 Å². The predicted octanol–water partition coefficient (Wildman–Crippen LogP) is -0.304. The third-order valence-electron chi connectivity index (χ3n) is 7.79. The lowest BCUT2D eigenvalue weighted by atomic mass is 10.0. The van der Waals surface area contributed by atoms with Crippen LogP contribution in [0.1, 0.15) is 70.3 Å². The highest BCUT2D eigenvalue weighted by Gasteiger charge is 2.42. The second kappa shape index (κ2) is 20.4. The lowest BCUT2D eigenvalue weighted by Gasteiger charge is -2.38. The molecule has 0 aliphatic carbocycles. The number of nitrogens with one attached hydrogen (secondary N) is 3. The Morgan fingerprint density at radius 3 is 2.16 bits per heavy atom. The van der Waals surface area contributed by atoms with Crippen LogP contribution in [-0.4, -0.2) is 113 Å². The smallest absolute Gasteiger partial charge is 0.408 e. The summed E-state index contributed by atoms with van der Waals surface area (Å²) >= 11 is 0. The minimum Gasteiger partial charge on any atom is -0.445 e. The molecule has 2 fully saturated rings. The number of hydrogen-bond donors (Lipinski definition) is 6. The minimum atomic E-state index is -1.42. The molecule has 0 aromatic heterocycles. The molecule has 2 aliphatic rings. The van der Waals surface area contributed by atoms with Gasteiger partial charge in [0.1, 0.15) is 31.0 Å². The molecule has 0 spiro atoms. The fraction of sp³-hybridized carbons (Fsp3) is 0.625. The molecule has 1 aromatic carbocycles. The van der Waals surface area contributed by atoms with E-state index in [1.165, 1.54) is 6.92 Å². The Bertz CT molecular complexity index is 1250. The van der Waals surface area contributed by atoms with E-state index >= 15 is 0 Å². The number of ether oxygens (including phenoxy) is 3. The van der Waals surface area contributed by atoms with Gasteiger partial charge in [0, 0.05) is 38.8 Å². The molecule has 2 aliphatic heterocycles. The number of amides is 5. The minimum absolute atomic E-state index is 0.0134. The second-order valence-electron chi connectivity index (χ2n) is 11.7. The molecule has 272 valence electrons. The highest BCUT2D eigenvalue weighted by molar-refractivity contribution is 6.01. The average molecular weight is 695 g/mol. The first-order valence-corrected chi connectivity index (χ1v) is 16.4. The molecule has 49 heavy (non-hydrogen) atoms. The summed E-state index contributed by atoms with van der Waals surface area (Å²) < 4.78 is 15.9. The molecule has 17 nitrogen and oxygen atoms in total. The van der Waals surface area contributed by atoms with E-state index in [9.17, 15) is 44.1 Å². The van der Waals surface area contributed by atoms with Crippen molar-refractivity contribution >= 4 is 35.7 Å². The first-order chi connectivity index (χ1) is 23.5. The molecule has 17 heteroatoms. The van der Waals surface area contributed by atoms with Crippen molar-refractivity contribution in [3.63, 3.8) is 0 Å². The Morgan fingerprint density at radius 1 is 0.878 bits per heavy atom. The van der Waals surface area contributed by atoms with Crippen LogP contribution in [0.15, 0.2) is 30.3 Å². The van der Waals surface area contributed by atoms with Crippen LogP contribution in [0.4, 0.5) is 4.79 Å². The van der Waals surface area contributed by atoms with E-state index in [0.717, 1.165) is 5.56 Å². The molecule has 1 aromatic rings. The standard InChI is InChI=1S/C32H46N4O13/c1-20-27(41)28(42)29(43)31(48-20)46-18-17-34-24(38)13-6-5-12-23(37)33-16-8-7-11-22(30(44)49-36-25(39)14-15-26(36)40)35-32(45)47-19-21-9-3-2-4-10-21/h2-4,9-10,20,22,27-29,31,41-43H,5-8,11-19H2,1H3,(H,33,37)(H,34,38)(H,35,45)/t20-,22-,27+,28+,29-,31+/m0/s1. The van der Waals surface area contributed by atoms with Crippen molar-refractivity contribution in [3.05, 3.63) is 35.9 Å². The molecule has 6 atom stereocenters. The maximum absolute atomic E-state index is 12.8. The molecule has 5 amide bonds. The molecule has 2 heterocycles. The Labute approximate surface area is 283 Å². The summed E-state index contributed by atoms with van der Waals surface area (Å²) in [7, 11) is 0. The van der Waals surface area contributed by atoms with Crippen LogP contribution < -0.4 is 16.0 Å². The largest absolute Gasteiger partial charge is 0.445 e. The van der Waals surface area contributed by atoms with Crippen molar-refractivity contribution in [1.82, 2.24) is 21.0 Å². The number of aliphatic hydroxyl groups is 3. The third-order valence-corrected chi connectivity index (χ3v) is 7.79. The van der Waals surface area contributed by atoms with Crippen LogP contribution in [0.2, 0.25) is 0 Å². The van der Waals surface area contributed by atoms with Crippen LogP contribution >= 0.6 is 0 Å². The SMILES string of the molecule is C[C@@H]1O[C@@H](OCCNC(=O)CCCCC(=O)NCCCC[C@H](NC(=O)OCc2ccccc2)C(=O)ON2C(=O)CCC2=O)[C@@H](O)[C@H](O)[C@@H]1O. The quantitative estimate of drug-likeness (QED) is 0.0806. The summed E-state index contributed by atoms with van der Waals surface area (Å²) in [6.07, 6.45) is -4.74. The lowest BCUT2D eigenvalue weighted by Crippen LogP contribution is -2.57. The molecule has 6 N–H and O–H groups in total. The molecular formula is C32H46N4O13. The summed E-state index contributed by atoms with van der Waals surface area (Å²) in [5.41, 5.74) is 0.734. The van der Waals surface area contributed by atoms with Crippen molar-refractivity contribution in [2.45, 2.75) is 108 Å². The van der Waals surface area contributed by atoms with Gasteiger partial charge in [0.2, 0.25) is 11.8 Å². The van der Waals surface area contributed by atoms with Crippen LogP contribution in [0.5, 0.6) is 0 Å². The molecule has 0 unspecified atom stereocenters. The average Bonchev–Trinajstić information content (AvgIpc) is 3.40. The highest BCUT2D eigenvalue weighted by Crippen LogP contribution is 2.21. The predicted molar refractivity (Wildman–Crippen MR) is 167 cm³/mol. The van der Waals surface area contributed by atoms with E-state index in [1.807, 2.05) is 6.07 Å². The summed E-state index contributed by atoms with van der Waals surface area (Å²) in [6, 6.07) is 7.69. The van der Waals surface area contributed by atoms with E-state index in [1.54, 1.807) is 24.3 Å². The third kappa shape index (κ3) is 13.3. The van der Waals surface area contributed by atoms with Gasteiger partial charge < -0.3 is 50.3 Å². The molecule has 3 rings (SSSR count). The number of nitrogens with zero attached hydrogens (tertiary/aromatic N) is 1. The Balaban J connectivity index is 1.28. The number of imide groups is 1. The molecule has 0 bridgehead atoms. The second-order valence-corrected chi connectivity index (χ2v) is 11.7. The first-order valence-electron chi connectivity index (χ1n) is 16.4. The number of rotatable bonds is 19. The topological polar surface area (TPSA) is 239 Å². The van der Waals surface area contributed by atoms with E-state index in [2.05, 4.69) is 16.0 Å². The summed E-state index contributed by atoms with van der Waals surface area (Å²) in [6.45, 7) is 1.94. The zero-order valence-electron chi connectivity index (χ0n) is 27.4. The number of unbranched alkanes of at least 4 members (excludes halogenated alkanes) is 2. The van der Waals surface area contributed by atoms with Gasteiger partial charge in [-0.3, -0.25) is 19.2 Å². The first kappa shape index (κ1) is 39.3. The van der Waals surface area contributed by atoms with Gasteiger partial charge in [-0.25, -0.2) is 9.59 Å². The van der Waals surface area contributed by atoms with Gasteiger partial charge in [-0.2, -0.15) is 0 Å². The fourth-order valence-corrected chi connectivity index (χ4v) is 4.93. The van der Waals surface area contributed by atoms with Crippen molar-refractivity contribution in [1.29, 1.82) is 0 Å². The highest BCUT2D eigenvalue weighted by atomic mass is 16.7. The van der Waals surface area contributed by atoms with E-state index in [-0.39, 0.29) is 70.2 Å².